The summed E-state index contributed by atoms with van der Waals surface area (Å²) in [6, 6.07) is 18.7. The van der Waals surface area contributed by atoms with Crippen LogP contribution in [0, 0.1) is 20.8 Å². The second-order valence-electron chi connectivity index (χ2n) is 7.33. The van der Waals surface area contributed by atoms with Crippen LogP contribution in [0.5, 0.6) is 0 Å². The van der Waals surface area contributed by atoms with E-state index in [0.29, 0.717) is 16.9 Å². The van der Waals surface area contributed by atoms with Crippen LogP contribution in [0.2, 0.25) is 0 Å². The van der Waals surface area contributed by atoms with Crippen LogP contribution >= 0.6 is 0 Å². The number of aromatic nitrogens is 2. The zero-order valence-corrected chi connectivity index (χ0v) is 17.1. The number of rotatable bonds is 4. The van der Waals surface area contributed by atoms with Crippen molar-refractivity contribution in [3.8, 4) is 0 Å². The van der Waals surface area contributed by atoms with Gasteiger partial charge in [0, 0.05) is 17.6 Å². The number of carbonyl (C=O) groups excluding carboxylic acids is 2. The first kappa shape index (κ1) is 19.4. The van der Waals surface area contributed by atoms with Crippen LogP contribution in [0.15, 0.2) is 66.9 Å². The van der Waals surface area contributed by atoms with Crippen LogP contribution in [0.25, 0.3) is 5.52 Å². The highest BCUT2D eigenvalue weighted by Crippen LogP contribution is 2.20. The standard InChI is InChI=1S/C24H22N4O2/c1-15-7-10-18(11-8-15)25-24(30)22-27-21(20-6-4-5-13-28(20)22)23(29)26-19-12-9-16(2)14-17(19)3/h4-14H,1-3H3,(H,25,30)(H,26,29). The molecule has 0 bridgehead atoms. The van der Waals surface area contributed by atoms with Gasteiger partial charge in [0.05, 0.1) is 5.52 Å². The van der Waals surface area contributed by atoms with Crippen LogP contribution in [-0.2, 0) is 0 Å². The van der Waals surface area contributed by atoms with Crippen molar-refractivity contribution < 1.29 is 9.59 Å². The molecule has 0 saturated carbocycles. The number of amides is 2. The minimum atomic E-state index is -0.384. The predicted octanol–water partition coefficient (Wildman–Crippen LogP) is 4.76. The Morgan fingerprint density at radius 2 is 1.57 bits per heavy atom. The maximum atomic E-state index is 13.0. The number of pyridine rings is 1. The Labute approximate surface area is 174 Å². The molecule has 2 N–H and O–H groups in total. The summed E-state index contributed by atoms with van der Waals surface area (Å²) in [5.41, 5.74) is 5.33. The summed E-state index contributed by atoms with van der Waals surface area (Å²) in [5, 5.41) is 5.75. The molecule has 150 valence electrons. The van der Waals surface area contributed by atoms with Crippen molar-refractivity contribution in [2.45, 2.75) is 20.8 Å². The summed E-state index contributed by atoms with van der Waals surface area (Å²) in [5.74, 6) is -0.595. The van der Waals surface area contributed by atoms with Gasteiger partial charge in [-0.25, -0.2) is 4.98 Å². The Bertz CT molecular complexity index is 1260. The minimum absolute atomic E-state index is 0.150. The molecule has 0 saturated heterocycles. The maximum absolute atomic E-state index is 13.0. The first-order chi connectivity index (χ1) is 14.4. The van der Waals surface area contributed by atoms with E-state index in [2.05, 4.69) is 15.6 Å². The number of imidazole rings is 1. The molecule has 0 unspecified atom stereocenters. The van der Waals surface area contributed by atoms with E-state index in [1.807, 2.05) is 69.3 Å². The van der Waals surface area contributed by atoms with E-state index < -0.39 is 0 Å². The molecular formula is C24H22N4O2. The van der Waals surface area contributed by atoms with E-state index in [-0.39, 0.29) is 23.3 Å². The molecule has 6 heteroatoms. The quantitative estimate of drug-likeness (QED) is 0.520. The molecule has 0 spiro atoms. The second kappa shape index (κ2) is 7.83. The number of aryl methyl sites for hydroxylation is 3. The number of hydrogen-bond acceptors (Lipinski definition) is 3. The van der Waals surface area contributed by atoms with Crippen molar-refractivity contribution in [3.63, 3.8) is 0 Å². The SMILES string of the molecule is Cc1ccc(NC(=O)c2nc(C(=O)Nc3ccc(C)cc3C)c3ccccn23)cc1. The molecule has 0 radical (unpaired) electrons. The Kier molecular flexibility index (Phi) is 5.06. The Balaban J connectivity index is 1.67. The van der Waals surface area contributed by atoms with Gasteiger partial charge in [0.25, 0.3) is 11.8 Å². The van der Waals surface area contributed by atoms with Gasteiger partial charge in [0.2, 0.25) is 5.82 Å². The summed E-state index contributed by atoms with van der Waals surface area (Å²) >= 11 is 0. The van der Waals surface area contributed by atoms with Crippen LogP contribution in [0.1, 0.15) is 37.8 Å². The molecule has 4 rings (SSSR count). The number of nitrogens with one attached hydrogen (secondary N) is 2. The Hall–Kier alpha value is -3.93. The zero-order chi connectivity index (χ0) is 21.3. The van der Waals surface area contributed by atoms with E-state index in [1.165, 1.54) is 0 Å². The van der Waals surface area contributed by atoms with E-state index in [4.69, 9.17) is 0 Å². The third-order valence-electron chi connectivity index (χ3n) is 4.91. The molecule has 2 amide bonds. The van der Waals surface area contributed by atoms with Crippen LogP contribution < -0.4 is 10.6 Å². The van der Waals surface area contributed by atoms with Gasteiger partial charge in [-0.15, -0.1) is 0 Å². The number of hydrogen-bond donors (Lipinski definition) is 2. The van der Waals surface area contributed by atoms with Gasteiger partial charge in [0.1, 0.15) is 0 Å². The van der Waals surface area contributed by atoms with E-state index in [0.717, 1.165) is 16.7 Å². The highest BCUT2D eigenvalue weighted by Gasteiger charge is 2.22. The Morgan fingerprint density at radius 1 is 0.833 bits per heavy atom. The lowest BCUT2D eigenvalue weighted by molar-refractivity contribution is 0.101. The molecule has 0 aliphatic carbocycles. The molecule has 0 atom stereocenters. The Morgan fingerprint density at radius 3 is 2.30 bits per heavy atom. The van der Waals surface area contributed by atoms with E-state index in [1.54, 1.807) is 22.7 Å². The highest BCUT2D eigenvalue weighted by molar-refractivity contribution is 6.10. The monoisotopic (exact) mass is 398 g/mol. The van der Waals surface area contributed by atoms with Crippen molar-refractivity contribution in [2.75, 3.05) is 10.6 Å². The summed E-state index contributed by atoms with van der Waals surface area (Å²) < 4.78 is 1.63. The van der Waals surface area contributed by atoms with Gasteiger partial charge < -0.3 is 10.6 Å². The van der Waals surface area contributed by atoms with Crippen molar-refractivity contribution in [3.05, 3.63) is 95.1 Å². The summed E-state index contributed by atoms with van der Waals surface area (Å²) in [6.45, 7) is 5.92. The van der Waals surface area contributed by atoms with Crippen LogP contribution in [0.4, 0.5) is 11.4 Å². The average molecular weight is 398 g/mol. The first-order valence-electron chi connectivity index (χ1n) is 9.66. The topological polar surface area (TPSA) is 75.5 Å². The molecule has 4 aromatic rings. The second-order valence-corrected chi connectivity index (χ2v) is 7.33. The molecule has 0 fully saturated rings. The van der Waals surface area contributed by atoms with E-state index in [9.17, 15) is 9.59 Å². The van der Waals surface area contributed by atoms with Gasteiger partial charge in [-0.05, 0) is 56.7 Å². The summed E-state index contributed by atoms with van der Waals surface area (Å²) in [7, 11) is 0. The molecule has 2 aromatic heterocycles. The number of fused-ring (bicyclic) bond motifs is 1. The molecule has 2 aromatic carbocycles. The maximum Gasteiger partial charge on any atom is 0.292 e. The average Bonchev–Trinajstić information content (AvgIpc) is 3.12. The third kappa shape index (κ3) is 3.80. The molecule has 0 aliphatic heterocycles. The minimum Gasteiger partial charge on any atom is -0.320 e. The lowest BCUT2D eigenvalue weighted by Crippen LogP contribution is -2.16. The lowest BCUT2D eigenvalue weighted by atomic mass is 10.1. The fraction of sp³-hybridized carbons (Fsp3) is 0.125. The third-order valence-corrected chi connectivity index (χ3v) is 4.91. The number of anilines is 2. The number of carbonyl (C=O) groups is 2. The summed E-state index contributed by atoms with van der Waals surface area (Å²) in [4.78, 5) is 30.2. The van der Waals surface area contributed by atoms with Gasteiger partial charge in [-0.3, -0.25) is 14.0 Å². The lowest BCUT2D eigenvalue weighted by Gasteiger charge is -2.08. The van der Waals surface area contributed by atoms with Crippen LogP contribution in [-0.4, -0.2) is 21.2 Å². The van der Waals surface area contributed by atoms with Crippen molar-refractivity contribution >= 4 is 28.7 Å². The number of benzene rings is 2. The van der Waals surface area contributed by atoms with Gasteiger partial charge >= 0.3 is 0 Å². The van der Waals surface area contributed by atoms with Gasteiger partial charge in [-0.2, -0.15) is 0 Å². The van der Waals surface area contributed by atoms with Crippen molar-refractivity contribution in [2.24, 2.45) is 0 Å². The van der Waals surface area contributed by atoms with E-state index >= 15 is 0 Å². The van der Waals surface area contributed by atoms with Gasteiger partial charge in [-0.1, -0.05) is 41.5 Å². The fourth-order valence-corrected chi connectivity index (χ4v) is 3.32. The normalized spacial score (nSPS) is 10.8. The highest BCUT2D eigenvalue weighted by atomic mass is 16.2. The zero-order valence-electron chi connectivity index (χ0n) is 17.1. The molecule has 2 heterocycles. The smallest absolute Gasteiger partial charge is 0.292 e. The summed E-state index contributed by atoms with van der Waals surface area (Å²) in [6.07, 6.45) is 1.72. The first-order valence-corrected chi connectivity index (χ1v) is 9.66. The predicted molar refractivity (Wildman–Crippen MR) is 118 cm³/mol. The van der Waals surface area contributed by atoms with Crippen molar-refractivity contribution in [1.29, 1.82) is 0 Å². The molecule has 6 nitrogen and oxygen atoms in total. The van der Waals surface area contributed by atoms with Crippen molar-refractivity contribution in [1.82, 2.24) is 9.38 Å². The molecule has 0 aliphatic rings. The largest absolute Gasteiger partial charge is 0.320 e. The molecule has 30 heavy (non-hydrogen) atoms. The van der Waals surface area contributed by atoms with Gasteiger partial charge in [0.15, 0.2) is 5.69 Å². The molecular weight excluding hydrogens is 376 g/mol. The van der Waals surface area contributed by atoms with Crippen LogP contribution in [0.3, 0.4) is 0 Å². The number of nitrogens with zero attached hydrogens (tertiary/aromatic N) is 2. The fourth-order valence-electron chi connectivity index (χ4n) is 3.32.